The van der Waals surface area contributed by atoms with Crippen LogP contribution in [-0.4, -0.2) is 35.0 Å². The Morgan fingerprint density at radius 2 is 1.70 bits per heavy atom. The minimum absolute atomic E-state index is 0.0679. The van der Waals surface area contributed by atoms with Crippen molar-refractivity contribution in [2.45, 2.75) is 25.8 Å². The van der Waals surface area contributed by atoms with Crippen molar-refractivity contribution in [1.29, 1.82) is 0 Å². The molecule has 1 unspecified atom stereocenters. The fraction of sp³-hybridized carbons (Fsp3) is 0.263. The second-order valence-electron chi connectivity index (χ2n) is 5.55. The minimum Gasteiger partial charge on any atom is -0.478 e. The molecule has 0 saturated carbocycles. The van der Waals surface area contributed by atoms with Crippen LogP contribution in [0.3, 0.4) is 0 Å². The summed E-state index contributed by atoms with van der Waals surface area (Å²) in [4.78, 5) is 25.4. The molecule has 2 aromatic rings. The number of carboxylic acids is 1. The smallest absolute Gasteiger partial charge is 0.335 e. The highest BCUT2D eigenvalue weighted by Gasteiger charge is 2.20. The van der Waals surface area contributed by atoms with Crippen LogP contribution in [0.4, 0.5) is 0 Å². The number of benzene rings is 2. The third-order valence-electron chi connectivity index (χ3n) is 4.01. The molecule has 23 heavy (non-hydrogen) atoms. The molecule has 0 spiro atoms. The first-order chi connectivity index (χ1) is 11.0. The Morgan fingerprint density at radius 1 is 1.04 bits per heavy atom. The summed E-state index contributed by atoms with van der Waals surface area (Å²) in [5.74, 6) is -1.19. The maximum atomic E-state index is 12.6. The predicted molar refractivity (Wildman–Crippen MR) is 89.7 cm³/mol. The van der Waals surface area contributed by atoms with Gasteiger partial charge in [-0.1, -0.05) is 43.3 Å². The molecular weight excluding hydrogens is 290 g/mol. The molecule has 0 radical (unpaired) electrons. The number of aromatic carboxylic acids is 1. The maximum Gasteiger partial charge on any atom is 0.335 e. The quantitative estimate of drug-likeness (QED) is 0.888. The Kier molecular flexibility index (Phi) is 5.52. The topological polar surface area (TPSA) is 57.6 Å². The molecule has 0 aliphatic rings. The second-order valence-corrected chi connectivity index (χ2v) is 5.55. The van der Waals surface area contributed by atoms with Crippen molar-refractivity contribution in [2.75, 3.05) is 7.05 Å². The molecule has 1 atom stereocenters. The molecule has 2 aromatic carbocycles. The van der Waals surface area contributed by atoms with E-state index in [9.17, 15) is 9.59 Å². The Bertz CT molecular complexity index is 682. The number of carbonyl (C=O) groups is 2. The summed E-state index contributed by atoms with van der Waals surface area (Å²) in [5.41, 5.74) is 1.71. The van der Waals surface area contributed by atoms with Crippen LogP contribution in [0.15, 0.2) is 54.6 Å². The number of amides is 1. The summed E-state index contributed by atoms with van der Waals surface area (Å²) < 4.78 is 0. The predicted octanol–water partition coefficient (Wildman–Crippen LogP) is 3.48. The van der Waals surface area contributed by atoms with Gasteiger partial charge in [0.2, 0.25) is 0 Å². The van der Waals surface area contributed by atoms with E-state index in [0.29, 0.717) is 5.56 Å². The molecule has 4 nitrogen and oxygen atoms in total. The molecule has 0 bridgehead atoms. The van der Waals surface area contributed by atoms with Gasteiger partial charge in [0.05, 0.1) is 5.56 Å². The largest absolute Gasteiger partial charge is 0.478 e. The second kappa shape index (κ2) is 7.58. The van der Waals surface area contributed by atoms with Crippen molar-refractivity contribution >= 4 is 11.9 Å². The molecule has 120 valence electrons. The summed E-state index contributed by atoms with van der Waals surface area (Å²) >= 11 is 0. The van der Waals surface area contributed by atoms with E-state index in [1.165, 1.54) is 17.7 Å². The van der Waals surface area contributed by atoms with Gasteiger partial charge in [-0.05, 0) is 36.6 Å². The number of rotatable bonds is 6. The number of hydrogen-bond donors (Lipinski definition) is 1. The normalized spacial score (nSPS) is 11.7. The highest BCUT2D eigenvalue weighted by molar-refractivity contribution is 5.97. The van der Waals surface area contributed by atoms with Gasteiger partial charge >= 0.3 is 5.97 Å². The zero-order valence-electron chi connectivity index (χ0n) is 13.4. The van der Waals surface area contributed by atoms with Crippen molar-refractivity contribution in [3.8, 4) is 0 Å². The average molecular weight is 311 g/mol. The van der Waals surface area contributed by atoms with Crippen LogP contribution in [0.2, 0.25) is 0 Å². The first-order valence-electron chi connectivity index (χ1n) is 7.67. The van der Waals surface area contributed by atoms with E-state index < -0.39 is 5.97 Å². The Morgan fingerprint density at radius 3 is 2.30 bits per heavy atom. The van der Waals surface area contributed by atoms with E-state index in [2.05, 4.69) is 0 Å². The fourth-order valence-corrected chi connectivity index (χ4v) is 2.60. The number of nitrogens with zero attached hydrogens (tertiary/aromatic N) is 1. The summed E-state index contributed by atoms with van der Waals surface area (Å²) in [6.07, 6.45) is 1.61. The van der Waals surface area contributed by atoms with Crippen molar-refractivity contribution in [2.24, 2.45) is 0 Å². The summed E-state index contributed by atoms with van der Waals surface area (Å²) in [6.45, 7) is 2.05. The van der Waals surface area contributed by atoms with Gasteiger partial charge in [0, 0.05) is 18.7 Å². The van der Waals surface area contributed by atoms with Crippen LogP contribution in [0, 0.1) is 0 Å². The van der Waals surface area contributed by atoms with Crippen molar-refractivity contribution in [3.05, 3.63) is 71.3 Å². The van der Waals surface area contributed by atoms with Crippen LogP contribution < -0.4 is 0 Å². The third kappa shape index (κ3) is 4.19. The lowest BCUT2D eigenvalue weighted by atomic mass is 10.0. The molecule has 1 N–H and O–H groups in total. The molecule has 0 aliphatic heterocycles. The average Bonchev–Trinajstić information content (AvgIpc) is 2.59. The summed E-state index contributed by atoms with van der Waals surface area (Å²) in [7, 11) is 1.77. The monoisotopic (exact) mass is 311 g/mol. The first-order valence-corrected chi connectivity index (χ1v) is 7.67. The van der Waals surface area contributed by atoms with Crippen molar-refractivity contribution in [3.63, 3.8) is 0 Å². The molecule has 0 aromatic heterocycles. The summed E-state index contributed by atoms with van der Waals surface area (Å²) in [6, 6.07) is 16.3. The van der Waals surface area contributed by atoms with Gasteiger partial charge in [-0.15, -0.1) is 0 Å². The Balaban J connectivity index is 2.16. The lowest BCUT2D eigenvalue weighted by molar-refractivity contribution is 0.0697. The molecule has 2 rings (SSSR count). The van der Waals surface area contributed by atoms with Gasteiger partial charge in [0.15, 0.2) is 0 Å². The number of carboxylic acid groups (broad SMARTS) is 1. The zero-order valence-corrected chi connectivity index (χ0v) is 13.4. The fourth-order valence-electron chi connectivity index (χ4n) is 2.60. The molecule has 0 aliphatic carbocycles. The minimum atomic E-state index is -1.03. The Labute approximate surface area is 136 Å². The highest BCUT2D eigenvalue weighted by Crippen LogP contribution is 2.15. The van der Waals surface area contributed by atoms with Crippen LogP contribution in [0.1, 0.15) is 39.6 Å². The summed E-state index contributed by atoms with van der Waals surface area (Å²) in [5, 5.41) is 9.05. The number of likely N-dealkylation sites (N-methyl/N-ethyl adjacent to an activating group) is 1. The van der Waals surface area contributed by atoms with Gasteiger partial charge in [0.25, 0.3) is 5.91 Å². The standard InChI is InChI=1S/C19H21NO3/c1-3-17(12-14-8-5-4-6-9-14)20(2)18(21)15-10-7-11-16(13-15)19(22)23/h4-11,13,17H,3,12H2,1-2H3,(H,22,23). The van der Waals surface area contributed by atoms with Gasteiger partial charge in [0.1, 0.15) is 0 Å². The Hall–Kier alpha value is -2.62. The lowest BCUT2D eigenvalue weighted by Gasteiger charge is -2.27. The number of hydrogen-bond acceptors (Lipinski definition) is 2. The SMILES string of the molecule is CCC(Cc1ccccc1)N(C)C(=O)c1cccc(C(=O)O)c1. The van der Waals surface area contributed by atoms with E-state index in [4.69, 9.17) is 5.11 Å². The molecule has 0 saturated heterocycles. The number of carbonyl (C=O) groups excluding carboxylic acids is 1. The molecule has 0 fully saturated rings. The maximum absolute atomic E-state index is 12.6. The van der Waals surface area contributed by atoms with Gasteiger partial charge in [-0.2, -0.15) is 0 Å². The third-order valence-corrected chi connectivity index (χ3v) is 4.01. The van der Waals surface area contributed by atoms with Gasteiger partial charge < -0.3 is 10.0 Å². The molecule has 0 heterocycles. The van der Waals surface area contributed by atoms with Crippen LogP contribution >= 0.6 is 0 Å². The molecule has 4 heteroatoms. The van der Waals surface area contributed by atoms with E-state index in [1.807, 2.05) is 37.3 Å². The zero-order chi connectivity index (χ0) is 16.8. The highest BCUT2D eigenvalue weighted by atomic mass is 16.4. The van der Waals surface area contributed by atoms with Crippen molar-refractivity contribution in [1.82, 2.24) is 4.90 Å². The van der Waals surface area contributed by atoms with E-state index in [-0.39, 0.29) is 17.5 Å². The van der Waals surface area contributed by atoms with Crippen LogP contribution in [0.5, 0.6) is 0 Å². The van der Waals surface area contributed by atoms with E-state index >= 15 is 0 Å². The lowest BCUT2D eigenvalue weighted by Crippen LogP contribution is -2.38. The van der Waals surface area contributed by atoms with Crippen LogP contribution in [-0.2, 0) is 6.42 Å². The van der Waals surface area contributed by atoms with Gasteiger partial charge in [-0.25, -0.2) is 4.79 Å². The van der Waals surface area contributed by atoms with E-state index in [1.54, 1.807) is 24.1 Å². The molecule has 1 amide bonds. The first kappa shape index (κ1) is 16.7. The van der Waals surface area contributed by atoms with Crippen molar-refractivity contribution < 1.29 is 14.7 Å². The van der Waals surface area contributed by atoms with E-state index in [0.717, 1.165) is 12.8 Å². The van der Waals surface area contributed by atoms with Crippen LogP contribution in [0.25, 0.3) is 0 Å². The van der Waals surface area contributed by atoms with Gasteiger partial charge in [-0.3, -0.25) is 4.79 Å². The molecular formula is C19H21NO3.